The zero-order chi connectivity index (χ0) is 13.3. The highest BCUT2D eigenvalue weighted by atomic mass is 19.4. The van der Waals surface area contributed by atoms with Gasteiger partial charge in [0, 0.05) is 25.0 Å². The third-order valence-corrected chi connectivity index (χ3v) is 3.32. The zero-order valence-corrected chi connectivity index (χ0v) is 9.79. The Morgan fingerprint density at radius 3 is 2.06 bits per heavy atom. The molecular weight excluding hydrogens is 249 g/mol. The first-order valence-corrected chi connectivity index (χ1v) is 6.04. The first-order valence-electron chi connectivity index (χ1n) is 6.04. The number of carbonyl (C=O) groups is 2. The maximum Gasteiger partial charge on any atom is 0.471 e. The molecule has 1 N–H and O–H groups in total. The smallest absolute Gasteiger partial charge is 0.353 e. The van der Waals surface area contributed by atoms with Gasteiger partial charge in [-0.1, -0.05) is 0 Å². The molecule has 0 aromatic heterocycles. The predicted molar refractivity (Wildman–Crippen MR) is 56.5 cm³/mol. The molecule has 1 saturated carbocycles. The van der Waals surface area contributed by atoms with E-state index < -0.39 is 12.1 Å². The standard InChI is InChI=1S/C11H15F3N2O2/c12-11(13,14)10(18)16-5-3-7(4-6-16)9(17)15-8-1-2-8/h7-8H,1-6H2,(H,15,17). The largest absolute Gasteiger partial charge is 0.471 e. The van der Waals surface area contributed by atoms with Crippen molar-refractivity contribution in [1.29, 1.82) is 0 Å². The zero-order valence-electron chi connectivity index (χ0n) is 9.79. The molecule has 0 bridgehead atoms. The maximum atomic E-state index is 12.2. The van der Waals surface area contributed by atoms with E-state index in [0.717, 1.165) is 17.7 Å². The summed E-state index contributed by atoms with van der Waals surface area (Å²) in [6.07, 6.45) is -2.24. The normalized spacial score (nSPS) is 21.8. The molecule has 0 aromatic rings. The van der Waals surface area contributed by atoms with Crippen LogP contribution in [0.2, 0.25) is 0 Å². The Kier molecular flexibility index (Phi) is 3.49. The van der Waals surface area contributed by atoms with Crippen LogP contribution < -0.4 is 5.32 Å². The Balaban J connectivity index is 1.80. The van der Waals surface area contributed by atoms with Crippen molar-refractivity contribution in [2.75, 3.05) is 13.1 Å². The first-order chi connectivity index (χ1) is 8.38. The molecule has 0 atom stereocenters. The molecule has 1 saturated heterocycles. The summed E-state index contributed by atoms with van der Waals surface area (Å²) in [6, 6.07) is 0.257. The van der Waals surface area contributed by atoms with Crippen molar-refractivity contribution in [3.8, 4) is 0 Å². The van der Waals surface area contributed by atoms with Crippen LogP contribution in [0.15, 0.2) is 0 Å². The Morgan fingerprint density at radius 1 is 1.06 bits per heavy atom. The number of hydrogen-bond acceptors (Lipinski definition) is 2. The van der Waals surface area contributed by atoms with Crippen molar-refractivity contribution < 1.29 is 22.8 Å². The lowest BCUT2D eigenvalue weighted by Crippen LogP contribution is -2.47. The summed E-state index contributed by atoms with van der Waals surface area (Å²) in [7, 11) is 0. The van der Waals surface area contributed by atoms with Gasteiger partial charge in [-0.15, -0.1) is 0 Å². The second kappa shape index (κ2) is 4.78. The molecule has 2 aliphatic rings. The van der Waals surface area contributed by atoms with Gasteiger partial charge in [-0.3, -0.25) is 9.59 Å². The molecule has 2 rings (SSSR count). The van der Waals surface area contributed by atoms with Gasteiger partial charge >= 0.3 is 12.1 Å². The number of hydrogen-bond donors (Lipinski definition) is 1. The predicted octanol–water partition coefficient (Wildman–Crippen LogP) is 1.07. The van der Waals surface area contributed by atoms with Gasteiger partial charge in [-0.2, -0.15) is 13.2 Å². The minimum absolute atomic E-state index is 0.00109. The van der Waals surface area contributed by atoms with E-state index in [-0.39, 0.29) is 31.0 Å². The molecule has 102 valence electrons. The Hall–Kier alpha value is -1.27. The van der Waals surface area contributed by atoms with Gasteiger partial charge in [0.25, 0.3) is 0 Å². The molecule has 4 nitrogen and oxygen atoms in total. The number of amides is 2. The Labute approximate surface area is 103 Å². The van der Waals surface area contributed by atoms with Crippen LogP contribution in [0.4, 0.5) is 13.2 Å². The van der Waals surface area contributed by atoms with Crippen LogP contribution in [0, 0.1) is 5.92 Å². The molecule has 7 heteroatoms. The second-order valence-corrected chi connectivity index (χ2v) is 4.85. The lowest BCUT2D eigenvalue weighted by atomic mass is 9.96. The number of nitrogens with one attached hydrogen (secondary N) is 1. The highest BCUT2D eigenvalue weighted by Crippen LogP contribution is 2.25. The van der Waals surface area contributed by atoms with Crippen LogP contribution in [0.3, 0.4) is 0 Å². The van der Waals surface area contributed by atoms with Gasteiger partial charge in [0.15, 0.2) is 0 Å². The third-order valence-electron chi connectivity index (χ3n) is 3.32. The molecule has 0 unspecified atom stereocenters. The van der Waals surface area contributed by atoms with E-state index in [1.165, 1.54) is 0 Å². The van der Waals surface area contributed by atoms with Crippen molar-refractivity contribution in [1.82, 2.24) is 10.2 Å². The van der Waals surface area contributed by atoms with Gasteiger partial charge in [-0.25, -0.2) is 0 Å². The van der Waals surface area contributed by atoms with Crippen LogP contribution in [0.1, 0.15) is 25.7 Å². The monoisotopic (exact) mass is 264 g/mol. The van der Waals surface area contributed by atoms with Gasteiger partial charge in [0.05, 0.1) is 0 Å². The molecule has 0 radical (unpaired) electrons. The number of rotatable bonds is 2. The lowest BCUT2D eigenvalue weighted by Gasteiger charge is -2.31. The SMILES string of the molecule is O=C(NC1CC1)C1CCN(C(=O)C(F)(F)F)CC1. The molecule has 1 aliphatic heterocycles. The van der Waals surface area contributed by atoms with Crippen molar-refractivity contribution in [3.63, 3.8) is 0 Å². The Bertz CT molecular complexity index is 345. The second-order valence-electron chi connectivity index (χ2n) is 4.85. The van der Waals surface area contributed by atoms with Gasteiger partial charge in [0.2, 0.25) is 5.91 Å². The van der Waals surface area contributed by atoms with Crippen molar-refractivity contribution >= 4 is 11.8 Å². The lowest BCUT2D eigenvalue weighted by molar-refractivity contribution is -0.186. The molecule has 1 aliphatic carbocycles. The summed E-state index contributed by atoms with van der Waals surface area (Å²) < 4.78 is 36.6. The van der Waals surface area contributed by atoms with E-state index in [1.54, 1.807) is 0 Å². The van der Waals surface area contributed by atoms with Crippen LogP contribution in [-0.4, -0.2) is 42.0 Å². The minimum atomic E-state index is -4.82. The number of alkyl halides is 3. The summed E-state index contributed by atoms with van der Waals surface area (Å²) in [5.74, 6) is -2.15. The fourth-order valence-corrected chi connectivity index (χ4v) is 2.07. The molecule has 18 heavy (non-hydrogen) atoms. The molecular formula is C11H15F3N2O2. The maximum absolute atomic E-state index is 12.2. The minimum Gasteiger partial charge on any atom is -0.353 e. The van der Waals surface area contributed by atoms with Crippen molar-refractivity contribution in [2.24, 2.45) is 5.92 Å². The fourth-order valence-electron chi connectivity index (χ4n) is 2.07. The highest BCUT2D eigenvalue weighted by Gasteiger charge is 2.43. The van der Waals surface area contributed by atoms with E-state index >= 15 is 0 Å². The van der Waals surface area contributed by atoms with E-state index in [1.807, 2.05) is 0 Å². The summed E-state index contributed by atoms with van der Waals surface area (Å²) >= 11 is 0. The summed E-state index contributed by atoms with van der Waals surface area (Å²) in [5, 5.41) is 2.83. The number of piperidine rings is 1. The van der Waals surface area contributed by atoms with Crippen LogP contribution in [-0.2, 0) is 9.59 Å². The average Bonchev–Trinajstić information content (AvgIpc) is 3.11. The van der Waals surface area contributed by atoms with Gasteiger partial charge in [-0.05, 0) is 25.7 Å². The van der Waals surface area contributed by atoms with Crippen molar-refractivity contribution in [3.05, 3.63) is 0 Å². The summed E-state index contributed by atoms with van der Waals surface area (Å²) in [4.78, 5) is 23.4. The number of carbonyl (C=O) groups excluding carboxylic acids is 2. The first kappa shape index (κ1) is 13.2. The van der Waals surface area contributed by atoms with Crippen LogP contribution >= 0.6 is 0 Å². The van der Waals surface area contributed by atoms with Gasteiger partial charge in [0.1, 0.15) is 0 Å². The highest BCUT2D eigenvalue weighted by molar-refractivity contribution is 5.83. The molecule has 2 fully saturated rings. The van der Waals surface area contributed by atoms with E-state index in [9.17, 15) is 22.8 Å². The van der Waals surface area contributed by atoms with E-state index in [4.69, 9.17) is 0 Å². The summed E-state index contributed by atoms with van der Waals surface area (Å²) in [6.45, 7) is 0.00218. The fraction of sp³-hybridized carbons (Fsp3) is 0.818. The topological polar surface area (TPSA) is 49.4 Å². The number of nitrogens with zero attached hydrogens (tertiary/aromatic N) is 1. The van der Waals surface area contributed by atoms with Crippen LogP contribution in [0.5, 0.6) is 0 Å². The van der Waals surface area contributed by atoms with Crippen molar-refractivity contribution in [2.45, 2.75) is 37.9 Å². The van der Waals surface area contributed by atoms with E-state index in [2.05, 4.69) is 5.32 Å². The van der Waals surface area contributed by atoms with E-state index in [0.29, 0.717) is 12.8 Å². The van der Waals surface area contributed by atoms with Gasteiger partial charge < -0.3 is 10.2 Å². The molecule has 2 amide bonds. The Morgan fingerprint density at radius 2 is 1.61 bits per heavy atom. The molecule has 0 spiro atoms. The third kappa shape index (κ3) is 3.14. The quantitative estimate of drug-likeness (QED) is 0.811. The van der Waals surface area contributed by atoms with Crippen LogP contribution in [0.25, 0.3) is 0 Å². The molecule has 0 aromatic carbocycles. The average molecular weight is 264 g/mol. The number of likely N-dealkylation sites (tertiary alicyclic amines) is 1. The number of halogens is 3. The molecule has 1 heterocycles. The summed E-state index contributed by atoms with van der Waals surface area (Å²) in [5.41, 5.74) is 0.